The van der Waals surface area contributed by atoms with E-state index in [9.17, 15) is 15.3 Å². The number of allylic oxidation sites excluding steroid dienone is 3. The number of carbonyl (C=O) groups excluding carboxylic acids is 1. The summed E-state index contributed by atoms with van der Waals surface area (Å²) in [6, 6.07) is 4.55. The maximum Gasteiger partial charge on any atom is 0.235 e. The molecular weight excluding hydrogens is 420 g/mol. The third kappa shape index (κ3) is 4.88. The summed E-state index contributed by atoms with van der Waals surface area (Å²) in [5.41, 5.74) is 13.9. The lowest BCUT2D eigenvalue weighted by atomic mass is 9.90. The fourth-order valence-electron chi connectivity index (χ4n) is 3.91. The van der Waals surface area contributed by atoms with Gasteiger partial charge < -0.3 is 16.4 Å². The van der Waals surface area contributed by atoms with Crippen molar-refractivity contribution in [2.75, 3.05) is 18.0 Å². The summed E-state index contributed by atoms with van der Waals surface area (Å²) in [6.07, 6.45) is 8.16. The highest BCUT2D eigenvalue weighted by atomic mass is 32.2. The first kappa shape index (κ1) is 23.6. The molecule has 1 atom stereocenters. The molecule has 1 aromatic rings. The lowest BCUT2D eigenvalue weighted by Crippen LogP contribution is -2.48. The van der Waals surface area contributed by atoms with Crippen LogP contribution in [0.2, 0.25) is 0 Å². The number of thioether (sulfide) groups is 1. The van der Waals surface area contributed by atoms with E-state index in [2.05, 4.69) is 30.2 Å². The van der Waals surface area contributed by atoms with E-state index < -0.39 is 11.2 Å². The highest BCUT2D eigenvalue weighted by Gasteiger charge is 2.36. The van der Waals surface area contributed by atoms with Crippen molar-refractivity contribution in [1.82, 2.24) is 4.98 Å². The van der Waals surface area contributed by atoms with Gasteiger partial charge in [-0.1, -0.05) is 43.1 Å². The molecule has 1 unspecified atom stereocenters. The van der Waals surface area contributed by atoms with E-state index in [-0.39, 0.29) is 11.5 Å². The highest BCUT2D eigenvalue weighted by Crippen LogP contribution is 2.47. The molecule has 0 aromatic carbocycles. The zero-order valence-corrected chi connectivity index (χ0v) is 19.1. The number of amides is 1. The van der Waals surface area contributed by atoms with Crippen molar-refractivity contribution in [1.29, 1.82) is 10.5 Å². The van der Waals surface area contributed by atoms with Crippen molar-refractivity contribution in [2.45, 2.75) is 54.3 Å². The minimum atomic E-state index is -0.786. The summed E-state index contributed by atoms with van der Waals surface area (Å²) < 4.78 is 0. The van der Waals surface area contributed by atoms with Gasteiger partial charge in [0.05, 0.1) is 11.1 Å². The number of aromatic nitrogens is 1. The van der Waals surface area contributed by atoms with E-state index in [1.807, 2.05) is 6.92 Å². The SMILES string of the molecule is C=C/C=C(\C=C)C(Sc1nc(N2CCC(C)(N)CC2)c(C#N)c(C2CC2)c1C#N)C(N)=O. The lowest BCUT2D eigenvalue weighted by molar-refractivity contribution is -0.116. The van der Waals surface area contributed by atoms with Crippen molar-refractivity contribution >= 4 is 23.5 Å². The highest BCUT2D eigenvalue weighted by molar-refractivity contribution is 8.00. The Bertz CT molecular complexity index is 1050. The Morgan fingerprint density at radius 3 is 2.38 bits per heavy atom. The molecule has 1 amide bonds. The van der Waals surface area contributed by atoms with Gasteiger partial charge in [-0.3, -0.25) is 4.79 Å². The molecule has 2 heterocycles. The number of hydrogen-bond donors (Lipinski definition) is 2. The summed E-state index contributed by atoms with van der Waals surface area (Å²) in [4.78, 5) is 19.1. The average Bonchev–Trinajstić information content (AvgIpc) is 3.60. The molecule has 0 spiro atoms. The molecule has 1 saturated heterocycles. The van der Waals surface area contributed by atoms with Crippen LogP contribution in [0.5, 0.6) is 0 Å². The molecule has 166 valence electrons. The molecule has 1 saturated carbocycles. The van der Waals surface area contributed by atoms with E-state index in [1.54, 1.807) is 18.2 Å². The quantitative estimate of drug-likeness (QED) is 0.460. The van der Waals surface area contributed by atoms with Crippen LogP contribution in [0, 0.1) is 22.7 Å². The number of nitrogens with zero attached hydrogens (tertiary/aromatic N) is 4. The predicted octanol–water partition coefficient (Wildman–Crippen LogP) is 3.26. The zero-order valence-electron chi connectivity index (χ0n) is 18.3. The van der Waals surface area contributed by atoms with Gasteiger partial charge in [0.1, 0.15) is 28.2 Å². The van der Waals surface area contributed by atoms with E-state index in [0.29, 0.717) is 40.6 Å². The van der Waals surface area contributed by atoms with Crippen LogP contribution in [0.3, 0.4) is 0 Å². The molecule has 2 fully saturated rings. The Morgan fingerprint density at radius 2 is 1.91 bits per heavy atom. The Kier molecular flexibility index (Phi) is 7.08. The molecule has 1 aliphatic carbocycles. The van der Waals surface area contributed by atoms with Crippen molar-refractivity contribution in [3.63, 3.8) is 0 Å². The minimum Gasteiger partial charge on any atom is -0.368 e. The van der Waals surface area contributed by atoms with Crippen molar-refractivity contribution in [3.8, 4) is 12.1 Å². The second-order valence-corrected chi connectivity index (χ2v) is 9.64. The molecule has 4 N–H and O–H groups in total. The van der Waals surface area contributed by atoms with Gasteiger partial charge in [-0.25, -0.2) is 4.98 Å². The number of rotatable bonds is 8. The standard InChI is InChI=1S/C24H28N6OS/c1-4-6-15(5-2)20(21(27)31)32-23-18(14-26)19(16-7-8-16)17(13-25)22(29-23)30-11-9-24(3,28)10-12-30/h4-6,16,20H,1-2,7-12,28H2,3H3,(H2,27,31)/b15-6+. The third-order valence-electron chi connectivity index (χ3n) is 5.93. The lowest BCUT2D eigenvalue weighted by Gasteiger charge is -2.38. The van der Waals surface area contributed by atoms with Crippen LogP contribution in [0.15, 0.2) is 42.0 Å². The van der Waals surface area contributed by atoms with Crippen molar-refractivity contribution in [2.24, 2.45) is 11.5 Å². The van der Waals surface area contributed by atoms with Gasteiger partial charge >= 0.3 is 0 Å². The summed E-state index contributed by atoms with van der Waals surface area (Å²) in [5.74, 6) is 0.145. The molecule has 3 rings (SSSR count). The van der Waals surface area contributed by atoms with Gasteiger partial charge in [0.2, 0.25) is 5.91 Å². The molecule has 8 heteroatoms. The first-order valence-corrected chi connectivity index (χ1v) is 11.5. The summed E-state index contributed by atoms with van der Waals surface area (Å²) in [7, 11) is 0. The number of primary amides is 1. The molecule has 0 bridgehead atoms. The van der Waals surface area contributed by atoms with E-state index >= 15 is 0 Å². The first-order valence-electron chi connectivity index (χ1n) is 10.6. The molecule has 1 aromatic heterocycles. The van der Waals surface area contributed by atoms with Crippen LogP contribution in [0.4, 0.5) is 5.82 Å². The number of nitrogens with two attached hydrogens (primary N) is 2. The van der Waals surface area contributed by atoms with Gasteiger partial charge in [-0.05, 0) is 49.7 Å². The van der Waals surface area contributed by atoms with E-state index in [0.717, 1.165) is 43.0 Å². The Morgan fingerprint density at radius 1 is 1.28 bits per heavy atom. The van der Waals surface area contributed by atoms with Crippen LogP contribution >= 0.6 is 11.8 Å². The van der Waals surface area contributed by atoms with Gasteiger partial charge in [0.15, 0.2) is 0 Å². The van der Waals surface area contributed by atoms with Gasteiger partial charge in [-0.2, -0.15) is 10.5 Å². The predicted molar refractivity (Wildman–Crippen MR) is 127 cm³/mol. The number of carbonyl (C=O) groups is 1. The molecule has 7 nitrogen and oxygen atoms in total. The second-order valence-electron chi connectivity index (χ2n) is 8.55. The molecule has 2 aliphatic rings. The normalized spacial score (nSPS) is 18.9. The van der Waals surface area contributed by atoms with Crippen LogP contribution in [-0.2, 0) is 4.79 Å². The van der Waals surface area contributed by atoms with Gasteiger partial charge in [-0.15, -0.1) is 0 Å². The van der Waals surface area contributed by atoms with Crippen molar-refractivity contribution < 1.29 is 4.79 Å². The fraction of sp³-hybridized carbons (Fsp3) is 0.417. The number of nitriles is 2. The largest absolute Gasteiger partial charge is 0.368 e. The maximum absolute atomic E-state index is 12.3. The van der Waals surface area contributed by atoms with Crippen LogP contribution < -0.4 is 16.4 Å². The van der Waals surface area contributed by atoms with Crippen LogP contribution in [-0.4, -0.2) is 34.8 Å². The number of anilines is 1. The first-order chi connectivity index (χ1) is 15.3. The smallest absolute Gasteiger partial charge is 0.235 e. The van der Waals surface area contributed by atoms with Gasteiger partial charge in [0, 0.05) is 18.6 Å². The van der Waals surface area contributed by atoms with Gasteiger partial charge in [0.25, 0.3) is 0 Å². The maximum atomic E-state index is 12.3. The summed E-state index contributed by atoms with van der Waals surface area (Å²) in [6.45, 7) is 10.8. The number of hydrogen-bond acceptors (Lipinski definition) is 7. The molecule has 0 radical (unpaired) electrons. The fourth-order valence-corrected chi connectivity index (χ4v) is 4.97. The Labute approximate surface area is 193 Å². The number of piperidine rings is 1. The average molecular weight is 449 g/mol. The second kappa shape index (κ2) is 9.60. The van der Waals surface area contributed by atoms with E-state index in [4.69, 9.17) is 16.5 Å². The zero-order chi connectivity index (χ0) is 23.5. The summed E-state index contributed by atoms with van der Waals surface area (Å²) >= 11 is 1.12. The molecule has 1 aliphatic heterocycles. The Hall–Kier alpha value is -3.07. The molecular formula is C24H28N6OS. The van der Waals surface area contributed by atoms with Crippen LogP contribution in [0.1, 0.15) is 55.2 Å². The van der Waals surface area contributed by atoms with Crippen LogP contribution in [0.25, 0.3) is 0 Å². The monoisotopic (exact) mass is 448 g/mol. The minimum absolute atomic E-state index is 0.152. The topological polar surface area (TPSA) is 133 Å². The molecule has 32 heavy (non-hydrogen) atoms. The third-order valence-corrected chi connectivity index (χ3v) is 7.19. The summed E-state index contributed by atoms with van der Waals surface area (Å²) in [5, 5.41) is 19.6. The number of pyridine rings is 1. The van der Waals surface area contributed by atoms with Crippen molar-refractivity contribution in [3.05, 3.63) is 53.6 Å². The van der Waals surface area contributed by atoms with E-state index in [1.165, 1.54) is 0 Å². The Balaban J connectivity index is 2.14.